The van der Waals surface area contributed by atoms with Crippen LogP contribution in [-0.4, -0.2) is 0 Å². The van der Waals surface area contributed by atoms with Gasteiger partial charge in [0.15, 0.2) is 12.4 Å². The third kappa shape index (κ3) is 4.06. The van der Waals surface area contributed by atoms with Crippen LogP contribution in [-0.2, 0) is 6.67 Å². The molecule has 2 nitrogen and oxygen atoms in total. The van der Waals surface area contributed by atoms with Gasteiger partial charge in [-0.05, 0) is 49.2 Å². The maximum atomic E-state index is 14.7. The van der Waals surface area contributed by atoms with Crippen molar-refractivity contribution in [3.8, 4) is 22.5 Å². The minimum absolute atomic E-state index is 0.235. The second-order valence-electron chi connectivity index (χ2n) is 7.41. The fraction of sp³-hybridized carbons (Fsp3) is 0.120. The molecule has 0 saturated carbocycles. The Morgan fingerprint density at radius 3 is 1.42 bits per heavy atom. The molecule has 0 aliphatic heterocycles. The summed E-state index contributed by atoms with van der Waals surface area (Å²) in [7, 11) is 0. The Morgan fingerprint density at radius 2 is 1.03 bits per heavy atom. The molecule has 2 aromatic heterocycles. The Hall–Kier alpha value is -3.54. The number of nitrogens with zero attached hydrogens (tertiary/aromatic N) is 2. The van der Waals surface area contributed by atoms with E-state index in [1.807, 2.05) is 0 Å². The molecule has 0 unspecified atom stereocenters. The average Bonchev–Trinajstić information content (AvgIpc) is 2.69. The van der Waals surface area contributed by atoms with E-state index in [-0.39, 0.29) is 6.67 Å². The second-order valence-corrected chi connectivity index (χ2v) is 7.41. The average molecular weight is 424 g/mol. The Kier molecular flexibility index (Phi) is 5.55. The lowest BCUT2D eigenvalue weighted by atomic mass is 10.0. The Morgan fingerprint density at radius 1 is 0.613 bits per heavy atom. The van der Waals surface area contributed by atoms with Crippen LogP contribution in [0.3, 0.4) is 0 Å². The highest BCUT2D eigenvalue weighted by Gasteiger charge is 2.25. The van der Waals surface area contributed by atoms with Gasteiger partial charge in [-0.1, -0.05) is 0 Å². The molecule has 0 fully saturated rings. The maximum Gasteiger partial charge on any atom is 0.344 e. The van der Waals surface area contributed by atoms with E-state index in [9.17, 15) is 17.6 Å². The van der Waals surface area contributed by atoms with Crippen molar-refractivity contribution in [1.82, 2.24) is 0 Å². The first-order chi connectivity index (χ1) is 14.8. The zero-order valence-electron chi connectivity index (χ0n) is 17.0. The van der Waals surface area contributed by atoms with Crippen molar-refractivity contribution in [1.29, 1.82) is 0 Å². The Labute approximate surface area is 177 Å². The van der Waals surface area contributed by atoms with Gasteiger partial charge >= 0.3 is 6.67 Å². The number of pyridine rings is 2. The van der Waals surface area contributed by atoms with Crippen LogP contribution in [0, 0.1) is 37.1 Å². The van der Waals surface area contributed by atoms with E-state index >= 15 is 0 Å². The first-order valence-electron chi connectivity index (χ1n) is 9.74. The van der Waals surface area contributed by atoms with Gasteiger partial charge in [0.05, 0.1) is 11.1 Å². The highest BCUT2D eigenvalue weighted by atomic mass is 19.1. The topological polar surface area (TPSA) is 7.76 Å². The Bertz CT molecular complexity index is 1140. The molecule has 31 heavy (non-hydrogen) atoms. The van der Waals surface area contributed by atoms with Crippen molar-refractivity contribution < 1.29 is 26.7 Å². The monoisotopic (exact) mass is 424 g/mol. The molecular weight excluding hydrogens is 404 g/mol. The van der Waals surface area contributed by atoms with Crippen molar-refractivity contribution in [3.05, 3.63) is 107 Å². The van der Waals surface area contributed by atoms with Crippen molar-refractivity contribution in [2.75, 3.05) is 0 Å². The summed E-state index contributed by atoms with van der Waals surface area (Å²) in [6, 6.07) is 14.9. The first kappa shape index (κ1) is 20.7. The molecule has 2 aromatic carbocycles. The number of aromatic nitrogens is 2. The third-order valence-electron chi connectivity index (χ3n) is 5.20. The van der Waals surface area contributed by atoms with E-state index in [1.54, 1.807) is 71.8 Å². The number of benzene rings is 2. The summed E-state index contributed by atoms with van der Waals surface area (Å²) in [5, 5.41) is 0. The molecule has 4 rings (SSSR count). The summed E-state index contributed by atoms with van der Waals surface area (Å²) in [6.45, 7) is 3.53. The molecule has 156 valence electrons. The van der Waals surface area contributed by atoms with Crippen molar-refractivity contribution in [2.24, 2.45) is 0 Å². The largest absolute Gasteiger partial charge is 0.344 e. The van der Waals surface area contributed by atoms with Crippen molar-refractivity contribution in [2.45, 2.75) is 20.5 Å². The van der Waals surface area contributed by atoms with Gasteiger partial charge in [0.2, 0.25) is 11.4 Å². The highest BCUT2D eigenvalue weighted by molar-refractivity contribution is 5.62. The van der Waals surface area contributed by atoms with Gasteiger partial charge in [0.1, 0.15) is 23.3 Å². The number of aryl methyl sites for hydroxylation is 2. The molecule has 0 spiro atoms. The zero-order chi connectivity index (χ0) is 22.1. The lowest BCUT2D eigenvalue weighted by molar-refractivity contribution is -0.903. The normalized spacial score (nSPS) is 11.0. The molecule has 0 aliphatic rings. The van der Waals surface area contributed by atoms with E-state index in [0.29, 0.717) is 33.6 Å². The molecule has 0 amide bonds. The number of hydrogen-bond acceptors (Lipinski definition) is 0. The summed E-state index contributed by atoms with van der Waals surface area (Å²) in [4.78, 5) is 0. The van der Waals surface area contributed by atoms with Crippen LogP contribution in [0.25, 0.3) is 22.5 Å². The van der Waals surface area contributed by atoms with Crippen LogP contribution in [0.15, 0.2) is 73.1 Å². The SMILES string of the molecule is Cc1cc(F)cc(F)c1-c1cccc[n+]1C[n+]1ccccc1-c1c(C)cc(F)cc1F. The van der Waals surface area contributed by atoms with E-state index in [0.717, 1.165) is 12.1 Å². The van der Waals surface area contributed by atoms with Gasteiger partial charge in [-0.15, -0.1) is 9.13 Å². The Balaban J connectivity index is 1.84. The van der Waals surface area contributed by atoms with E-state index < -0.39 is 23.3 Å². The summed E-state index contributed by atoms with van der Waals surface area (Å²) in [5.41, 5.74) is 2.63. The van der Waals surface area contributed by atoms with E-state index in [4.69, 9.17) is 0 Å². The third-order valence-corrected chi connectivity index (χ3v) is 5.20. The molecule has 0 N–H and O–H groups in total. The van der Waals surface area contributed by atoms with Crippen molar-refractivity contribution in [3.63, 3.8) is 0 Å². The minimum atomic E-state index is -0.656. The molecular formula is C25H20F4N2+2. The molecule has 0 aliphatic carbocycles. The zero-order valence-corrected chi connectivity index (χ0v) is 17.0. The van der Waals surface area contributed by atoms with Crippen LogP contribution in [0.1, 0.15) is 11.1 Å². The van der Waals surface area contributed by atoms with Gasteiger partial charge in [-0.25, -0.2) is 17.6 Å². The summed E-state index contributed by atoms with van der Waals surface area (Å²) < 4.78 is 60.1. The van der Waals surface area contributed by atoms with Gasteiger partial charge in [-0.3, -0.25) is 0 Å². The minimum Gasteiger partial charge on any atom is -0.207 e. The fourth-order valence-electron chi connectivity index (χ4n) is 3.87. The summed E-state index contributed by atoms with van der Waals surface area (Å²) >= 11 is 0. The van der Waals surface area contributed by atoms with Crippen LogP contribution >= 0.6 is 0 Å². The smallest absolute Gasteiger partial charge is 0.207 e. The molecule has 6 heteroatoms. The molecule has 2 heterocycles. The number of halogens is 4. The van der Waals surface area contributed by atoms with E-state index in [1.165, 1.54) is 12.1 Å². The second kappa shape index (κ2) is 8.30. The molecule has 0 radical (unpaired) electrons. The molecule has 4 aromatic rings. The fourth-order valence-corrected chi connectivity index (χ4v) is 3.87. The quantitative estimate of drug-likeness (QED) is 0.311. The lowest BCUT2D eigenvalue weighted by Gasteiger charge is -2.09. The van der Waals surface area contributed by atoms with Crippen LogP contribution in [0.4, 0.5) is 17.6 Å². The molecule has 0 atom stereocenters. The van der Waals surface area contributed by atoms with Crippen LogP contribution in [0.5, 0.6) is 0 Å². The van der Waals surface area contributed by atoms with Gasteiger partial charge in [-0.2, -0.15) is 0 Å². The maximum absolute atomic E-state index is 14.7. The standard InChI is InChI=1S/C25H20F4N2/c1-16-11-18(26)13-20(28)24(16)22-7-3-5-9-30(22)15-31-10-6-4-8-23(31)25-17(2)12-19(27)14-21(25)29/h3-14H,15H2,1-2H3/q+2. The predicted molar refractivity (Wildman–Crippen MR) is 109 cm³/mol. The number of rotatable bonds is 4. The van der Waals surface area contributed by atoms with Crippen LogP contribution < -0.4 is 9.13 Å². The highest BCUT2D eigenvalue weighted by Crippen LogP contribution is 2.26. The first-order valence-corrected chi connectivity index (χ1v) is 9.74. The molecule has 0 bridgehead atoms. The van der Waals surface area contributed by atoms with Gasteiger partial charge < -0.3 is 0 Å². The summed E-state index contributed by atoms with van der Waals surface area (Å²) in [5.74, 6) is -2.58. The molecule has 0 saturated heterocycles. The summed E-state index contributed by atoms with van der Waals surface area (Å²) in [6.07, 6.45) is 3.55. The van der Waals surface area contributed by atoms with Crippen molar-refractivity contribution >= 4 is 0 Å². The van der Waals surface area contributed by atoms with Gasteiger partial charge in [0, 0.05) is 36.4 Å². The predicted octanol–water partition coefficient (Wildman–Crippen LogP) is 5.27. The van der Waals surface area contributed by atoms with Crippen LogP contribution in [0.2, 0.25) is 0 Å². The van der Waals surface area contributed by atoms with E-state index in [2.05, 4.69) is 0 Å². The van der Waals surface area contributed by atoms with Gasteiger partial charge in [0.25, 0.3) is 0 Å². The lowest BCUT2D eigenvalue weighted by Crippen LogP contribution is -2.53. The number of hydrogen-bond donors (Lipinski definition) is 0.